The topological polar surface area (TPSA) is 46.4 Å². The molecule has 4 heteroatoms. The number of benzene rings is 2. The van der Waals surface area contributed by atoms with Gasteiger partial charge in [0, 0.05) is 12.3 Å². The van der Waals surface area contributed by atoms with Gasteiger partial charge in [0.25, 0.3) is 5.56 Å². The first-order chi connectivity index (χ1) is 12.3. The van der Waals surface area contributed by atoms with E-state index in [1.807, 2.05) is 42.5 Å². The molecule has 4 rings (SSSR count). The maximum Gasteiger partial charge on any atom is 0.250 e. The standard InChI is InChI=1S/C21H19N3O/c25-19-13-7-8-14-24(19)15-18-22-20(16-9-3-1-4-10-16)21(23-18)17-11-5-2-6-12-17/h1-14,20-21H,15H2,(H,22,23)/t20-,21+. The van der Waals surface area contributed by atoms with Gasteiger partial charge >= 0.3 is 0 Å². The Balaban J connectivity index is 1.68. The molecule has 1 aliphatic rings. The largest absolute Gasteiger partial charge is 0.363 e. The summed E-state index contributed by atoms with van der Waals surface area (Å²) >= 11 is 0. The molecule has 0 aliphatic carbocycles. The monoisotopic (exact) mass is 329 g/mol. The summed E-state index contributed by atoms with van der Waals surface area (Å²) in [5.41, 5.74) is 2.33. The molecule has 124 valence electrons. The molecule has 2 atom stereocenters. The van der Waals surface area contributed by atoms with Crippen molar-refractivity contribution < 1.29 is 0 Å². The number of aliphatic imine (C=N–C) groups is 1. The molecule has 0 saturated heterocycles. The van der Waals surface area contributed by atoms with Crippen molar-refractivity contribution in [3.05, 3.63) is 107 Å². The normalized spacial score (nSPS) is 19.3. The number of aromatic nitrogens is 1. The van der Waals surface area contributed by atoms with Crippen molar-refractivity contribution in [2.75, 3.05) is 0 Å². The molecule has 1 aromatic heterocycles. The van der Waals surface area contributed by atoms with E-state index >= 15 is 0 Å². The number of nitrogens with one attached hydrogen (secondary N) is 1. The van der Waals surface area contributed by atoms with E-state index in [1.165, 1.54) is 11.1 Å². The van der Waals surface area contributed by atoms with Crippen LogP contribution in [0.25, 0.3) is 0 Å². The first kappa shape index (κ1) is 15.4. The second kappa shape index (κ2) is 6.77. The van der Waals surface area contributed by atoms with Crippen molar-refractivity contribution in [1.82, 2.24) is 9.88 Å². The van der Waals surface area contributed by atoms with E-state index < -0.39 is 0 Å². The summed E-state index contributed by atoms with van der Waals surface area (Å²) in [6, 6.07) is 25.8. The molecule has 0 fully saturated rings. The van der Waals surface area contributed by atoms with Gasteiger partial charge in [0.2, 0.25) is 0 Å². The summed E-state index contributed by atoms with van der Waals surface area (Å²) in [5.74, 6) is 0.830. The van der Waals surface area contributed by atoms with Crippen molar-refractivity contribution in [3.8, 4) is 0 Å². The lowest BCUT2D eigenvalue weighted by Gasteiger charge is -2.19. The predicted molar refractivity (Wildman–Crippen MR) is 99.6 cm³/mol. The maximum absolute atomic E-state index is 12.0. The Labute approximate surface area is 146 Å². The molecule has 1 aliphatic heterocycles. The average molecular weight is 329 g/mol. The second-order valence-corrected chi connectivity index (χ2v) is 6.13. The number of pyridine rings is 1. The van der Waals surface area contributed by atoms with Crippen LogP contribution in [-0.2, 0) is 6.54 Å². The summed E-state index contributed by atoms with van der Waals surface area (Å²) < 4.78 is 1.67. The van der Waals surface area contributed by atoms with Crippen LogP contribution in [0.4, 0.5) is 0 Å². The number of nitrogens with zero attached hydrogens (tertiary/aromatic N) is 2. The Morgan fingerprint density at radius 3 is 2.16 bits per heavy atom. The third-order valence-corrected chi connectivity index (χ3v) is 4.45. The number of rotatable bonds is 4. The fourth-order valence-corrected chi connectivity index (χ4v) is 3.22. The summed E-state index contributed by atoms with van der Waals surface area (Å²) in [6.07, 6.45) is 1.79. The van der Waals surface area contributed by atoms with Crippen molar-refractivity contribution in [3.63, 3.8) is 0 Å². The van der Waals surface area contributed by atoms with Gasteiger partial charge in [0.15, 0.2) is 0 Å². The van der Waals surface area contributed by atoms with Crippen molar-refractivity contribution in [2.24, 2.45) is 4.99 Å². The highest BCUT2D eigenvalue weighted by molar-refractivity contribution is 5.84. The minimum atomic E-state index is -0.0218. The molecule has 1 N–H and O–H groups in total. The molecular weight excluding hydrogens is 310 g/mol. The maximum atomic E-state index is 12.0. The van der Waals surface area contributed by atoms with Crippen LogP contribution in [0.2, 0.25) is 0 Å². The summed E-state index contributed by atoms with van der Waals surface area (Å²) in [4.78, 5) is 16.9. The molecule has 25 heavy (non-hydrogen) atoms. The minimum Gasteiger partial charge on any atom is -0.363 e. The van der Waals surface area contributed by atoms with Crippen LogP contribution in [-0.4, -0.2) is 10.4 Å². The van der Waals surface area contributed by atoms with Crippen LogP contribution in [0.15, 0.2) is 94.8 Å². The molecule has 2 aromatic carbocycles. The Morgan fingerprint density at radius 2 is 1.48 bits per heavy atom. The van der Waals surface area contributed by atoms with E-state index in [1.54, 1.807) is 22.9 Å². The molecule has 4 nitrogen and oxygen atoms in total. The highest BCUT2D eigenvalue weighted by Gasteiger charge is 2.31. The lowest BCUT2D eigenvalue weighted by molar-refractivity contribution is 0.570. The quantitative estimate of drug-likeness (QED) is 0.798. The van der Waals surface area contributed by atoms with Gasteiger partial charge in [-0.3, -0.25) is 9.79 Å². The zero-order chi connectivity index (χ0) is 17.1. The first-order valence-electron chi connectivity index (χ1n) is 8.40. The summed E-state index contributed by atoms with van der Waals surface area (Å²) in [6.45, 7) is 0.451. The van der Waals surface area contributed by atoms with E-state index in [-0.39, 0.29) is 17.6 Å². The predicted octanol–water partition coefficient (Wildman–Crippen LogP) is 3.33. The molecule has 0 unspecified atom stereocenters. The summed E-state index contributed by atoms with van der Waals surface area (Å²) in [5, 5.41) is 3.52. The Hall–Kier alpha value is -3.14. The van der Waals surface area contributed by atoms with Crippen molar-refractivity contribution in [2.45, 2.75) is 18.6 Å². The zero-order valence-electron chi connectivity index (χ0n) is 13.7. The Morgan fingerprint density at radius 1 is 0.840 bits per heavy atom. The molecule has 0 saturated carbocycles. The fraction of sp³-hybridized carbons (Fsp3) is 0.143. The molecule has 0 spiro atoms. The van der Waals surface area contributed by atoms with E-state index in [2.05, 4.69) is 29.6 Å². The van der Waals surface area contributed by atoms with Crippen LogP contribution in [0.1, 0.15) is 23.2 Å². The molecule has 0 amide bonds. The average Bonchev–Trinajstić information content (AvgIpc) is 3.09. The van der Waals surface area contributed by atoms with Crippen LogP contribution >= 0.6 is 0 Å². The van der Waals surface area contributed by atoms with Crippen LogP contribution in [0.3, 0.4) is 0 Å². The molecule has 0 bridgehead atoms. The van der Waals surface area contributed by atoms with Crippen molar-refractivity contribution in [1.29, 1.82) is 0 Å². The van der Waals surface area contributed by atoms with Gasteiger partial charge in [-0.1, -0.05) is 66.7 Å². The van der Waals surface area contributed by atoms with Crippen LogP contribution < -0.4 is 10.9 Å². The zero-order valence-corrected chi connectivity index (χ0v) is 13.7. The molecule has 3 aromatic rings. The molecule has 0 radical (unpaired) electrons. The van der Waals surface area contributed by atoms with Gasteiger partial charge in [-0.15, -0.1) is 0 Å². The lowest BCUT2D eigenvalue weighted by Crippen LogP contribution is -2.31. The van der Waals surface area contributed by atoms with Gasteiger partial charge in [-0.2, -0.15) is 0 Å². The number of hydrogen-bond donors (Lipinski definition) is 1. The lowest BCUT2D eigenvalue weighted by atomic mass is 9.95. The highest BCUT2D eigenvalue weighted by atomic mass is 16.1. The van der Waals surface area contributed by atoms with E-state index in [9.17, 15) is 4.79 Å². The van der Waals surface area contributed by atoms with E-state index in [0.29, 0.717) is 6.54 Å². The summed E-state index contributed by atoms with van der Waals surface area (Å²) in [7, 11) is 0. The highest BCUT2D eigenvalue weighted by Crippen LogP contribution is 2.35. The van der Waals surface area contributed by atoms with E-state index in [4.69, 9.17) is 4.99 Å². The van der Waals surface area contributed by atoms with Gasteiger partial charge in [0.1, 0.15) is 11.9 Å². The van der Waals surface area contributed by atoms with Gasteiger partial charge in [-0.25, -0.2) is 0 Å². The molecule has 2 heterocycles. The molecular formula is C21H19N3O. The third-order valence-electron chi connectivity index (χ3n) is 4.45. The van der Waals surface area contributed by atoms with E-state index in [0.717, 1.165) is 5.84 Å². The van der Waals surface area contributed by atoms with Crippen LogP contribution in [0, 0.1) is 0 Å². The Bertz CT molecular complexity index is 932. The number of hydrogen-bond acceptors (Lipinski definition) is 3. The van der Waals surface area contributed by atoms with Gasteiger partial charge in [-0.05, 0) is 17.2 Å². The smallest absolute Gasteiger partial charge is 0.250 e. The van der Waals surface area contributed by atoms with Crippen LogP contribution in [0.5, 0.6) is 0 Å². The van der Waals surface area contributed by atoms with Crippen molar-refractivity contribution >= 4 is 5.84 Å². The fourth-order valence-electron chi connectivity index (χ4n) is 3.22. The third kappa shape index (κ3) is 3.24. The SMILES string of the molecule is O=c1ccccn1CC1=N[C@@H](c2ccccc2)[C@@H](c2ccccc2)N1. The minimum absolute atomic E-state index is 0.00184. The van der Waals surface area contributed by atoms with Gasteiger partial charge in [0.05, 0.1) is 12.6 Å². The number of amidine groups is 1. The second-order valence-electron chi connectivity index (χ2n) is 6.13. The van der Waals surface area contributed by atoms with Gasteiger partial charge < -0.3 is 9.88 Å². The Kier molecular flexibility index (Phi) is 4.17. The first-order valence-corrected chi connectivity index (χ1v) is 8.40.